The predicted molar refractivity (Wildman–Crippen MR) is 44.4 cm³/mol. The molecule has 0 spiro atoms. The molecule has 2 atom stereocenters. The van der Waals surface area contributed by atoms with Crippen LogP contribution in [-0.4, -0.2) is 34.7 Å². The molecule has 0 amide bonds. The topological polar surface area (TPSA) is 86.6 Å². The molecule has 0 radical (unpaired) electrons. The van der Waals surface area contributed by atoms with E-state index in [1.807, 2.05) is 0 Å². The highest BCUT2D eigenvalue weighted by Crippen LogP contribution is 2.19. The van der Waals surface area contributed by atoms with Crippen LogP contribution in [0.1, 0.15) is 19.3 Å². The van der Waals surface area contributed by atoms with Gasteiger partial charge in [0.05, 0.1) is 0 Å². The Balaban J connectivity index is 2.41. The van der Waals surface area contributed by atoms with Gasteiger partial charge in [-0.25, -0.2) is 0 Å². The molecule has 1 rings (SSSR count). The number of aliphatic carboxylic acids is 2. The van der Waals surface area contributed by atoms with Crippen molar-refractivity contribution in [3.8, 4) is 0 Å². The number of hydrogen-bond acceptors (Lipinski definition) is 3. The van der Waals surface area contributed by atoms with E-state index in [1.165, 1.54) is 0 Å². The Kier molecular flexibility index (Phi) is 3.25. The molecule has 1 aliphatic heterocycles. The number of piperidine rings is 1. The van der Waals surface area contributed by atoms with Crippen LogP contribution in [0, 0.1) is 5.92 Å². The largest absolute Gasteiger partial charge is 0.481 e. The summed E-state index contributed by atoms with van der Waals surface area (Å²) < 4.78 is 0. The molecule has 13 heavy (non-hydrogen) atoms. The van der Waals surface area contributed by atoms with E-state index in [2.05, 4.69) is 5.32 Å². The smallest absolute Gasteiger partial charge is 0.320 e. The van der Waals surface area contributed by atoms with E-state index in [9.17, 15) is 9.59 Å². The summed E-state index contributed by atoms with van der Waals surface area (Å²) in [6.07, 6.45) is 1.24. The van der Waals surface area contributed by atoms with Crippen LogP contribution in [0.15, 0.2) is 0 Å². The van der Waals surface area contributed by atoms with Crippen LogP contribution in [0.5, 0.6) is 0 Å². The Labute approximate surface area is 75.7 Å². The molecule has 5 heteroatoms. The number of rotatable bonds is 3. The Morgan fingerprint density at radius 2 is 2.08 bits per heavy atom. The molecule has 1 heterocycles. The van der Waals surface area contributed by atoms with Crippen molar-refractivity contribution in [2.24, 2.45) is 5.92 Å². The second-order valence-electron chi connectivity index (χ2n) is 3.33. The maximum absolute atomic E-state index is 10.6. The lowest BCUT2D eigenvalue weighted by Gasteiger charge is -2.26. The van der Waals surface area contributed by atoms with Crippen LogP contribution in [-0.2, 0) is 9.59 Å². The summed E-state index contributed by atoms with van der Waals surface area (Å²) >= 11 is 0. The first-order valence-corrected chi connectivity index (χ1v) is 4.27. The van der Waals surface area contributed by atoms with Crippen molar-refractivity contribution in [2.75, 3.05) is 6.54 Å². The normalized spacial score (nSPS) is 28.3. The van der Waals surface area contributed by atoms with Gasteiger partial charge in [0.25, 0.3) is 0 Å². The molecule has 3 N–H and O–H groups in total. The first kappa shape index (κ1) is 9.98. The SMILES string of the molecule is O=C(O)C[C@@H]1CCN[C@@H](C(=O)O)C1. The van der Waals surface area contributed by atoms with Crippen molar-refractivity contribution < 1.29 is 19.8 Å². The molecule has 0 aromatic carbocycles. The van der Waals surface area contributed by atoms with Gasteiger partial charge >= 0.3 is 11.9 Å². The summed E-state index contributed by atoms with van der Waals surface area (Å²) in [7, 11) is 0. The fourth-order valence-corrected chi connectivity index (χ4v) is 1.62. The van der Waals surface area contributed by atoms with E-state index < -0.39 is 18.0 Å². The first-order valence-electron chi connectivity index (χ1n) is 4.27. The average molecular weight is 187 g/mol. The minimum Gasteiger partial charge on any atom is -0.481 e. The van der Waals surface area contributed by atoms with Crippen molar-refractivity contribution in [3.63, 3.8) is 0 Å². The van der Waals surface area contributed by atoms with E-state index in [-0.39, 0.29) is 12.3 Å². The molecule has 0 aromatic heterocycles. The zero-order valence-electron chi connectivity index (χ0n) is 7.19. The highest BCUT2D eigenvalue weighted by atomic mass is 16.4. The first-order chi connectivity index (χ1) is 6.09. The van der Waals surface area contributed by atoms with Gasteiger partial charge in [-0.1, -0.05) is 0 Å². The summed E-state index contributed by atoms with van der Waals surface area (Å²) in [4.78, 5) is 21.0. The Morgan fingerprint density at radius 3 is 2.62 bits per heavy atom. The zero-order chi connectivity index (χ0) is 9.84. The molecule has 1 fully saturated rings. The lowest BCUT2D eigenvalue weighted by molar-refractivity contribution is -0.143. The number of hydrogen-bond donors (Lipinski definition) is 3. The van der Waals surface area contributed by atoms with E-state index >= 15 is 0 Å². The summed E-state index contributed by atoms with van der Waals surface area (Å²) in [5, 5.41) is 20.0. The number of nitrogens with one attached hydrogen (secondary N) is 1. The van der Waals surface area contributed by atoms with Crippen molar-refractivity contribution in [2.45, 2.75) is 25.3 Å². The second-order valence-corrected chi connectivity index (χ2v) is 3.33. The van der Waals surface area contributed by atoms with E-state index in [1.54, 1.807) is 0 Å². The highest BCUT2D eigenvalue weighted by molar-refractivity contribution is 5.74. The molecule has 74 valence electrons. The standard InChI is InChI=1S/C8H13NO4/c10-7(11)4-5-1-2-9-6(3-5)8(12)13/h5-6,9H,1-4H2,(H,10,11)(H,12,13)/t5-,6-/m1/s1. The molecule has 0 saturated carbocycles. The van der Waals surface area contributed by atoms with Crippen molar-refractivity contribution in [1.82, 2.24) is 5.32 Å². The summed E-state index contributed by atoms with van der Waals surface area (Å²) in [6.45, 7) is 0.592. The molecular weight excluding hydrogens is 174 g/mol. The molecule has 0 unspecified atom stereocenters. The summed E-state index contributed by atoms with van der Waals surface area (Å²) in [5.41, 5.74) is 0. The summed E-state index contributed by atoms with van der Waals surface area (Å²) in [5.74, 6) is -1.74. The Morgan fingerprint density at radius 1 is 1.38 bits per heavy atom. The number of carboxylic acid groups (broad SMARTS) is 2. The minimum absolute atomic E-state index is 0.000139. The highest BCUT2D eigenvalue weighted by Gasteiger charge is 2.27. The third kappa shape index (κ3) is 3.02. The van der Waals surface area contributed by atoms with Gasteiger partial charge in [-0.05, 0) is 25.3 Å². The van der Waals surface area contributed by atoms with Gasteiger partial charge < -0.3 is 15.5 Å². The van der Waals surface area contributed by atoms with Gasteiger partial charge in [0.1, 0.15) is 6.04 Å². The van der Waals surface area contributed by atoms with Crippen LogP contribution in [0.4, 0.5) is 0 Å². The summed E-state index contributed by atoms with van der Waals surface area (Å²) in [6, 6.07) is -0.571. The lowest BCUT2D eigenvalue weighted by Crippen LogP contribution is -2.43. The molecule has 0 bridgehead atoms. The number of carbonyl (C=O) groups is 2. The van der Waals surface area contributed by atoms with Gasteiger partial charge in [0, 0.05) is 6.42 Å². The van der Waals surface area contributed by atoms with Crippen molar-refractivity contribution in [1.29, 1.82) is 0 Å². The van der Waals surface area contributed by atoms with Crippen LogP contribution >= 0.6 is 0 Å². The fourth-order valence-electron chi connectivity index (χ4n) is 1.62. The molecule has 1 aliphatic rings. The van der Waals surface area contributed by atoms with E-state index in [4.69, 9.17) is 10.2 Å². The predicted octanol–water partition coefficient (Wildman–Crippen LogP) is -0.0861. The van der Waals surface area contributed by atoms with Crippen LogP contribution < -0.4 is 5.32 Å². The zero-order valence-corrected chi connectivity index (χ0v) is 7.19. The lowest BCUT2D eigenvalue weighted by atomic mass is 9.90. The minimum atomic E-state index is -0.893. The quantitative estimate of drug-likeness (QED) is 0.575. The van der Waals surface area contributed by atoms with Gasteiger partial charge in [-0.2, -0.15) is 0 Å². The van der Waals surface area contributed by atoms with Crippen molar-refractivity contribution >= 4 is 11.9 Å². The molecule has 0 aliphatic carbocycles. The van der Waals surface area contributed by atoms with Gasteiger partial charge in [-0.15, -0.1) is 0 Å². The molecule has 0 aromatic rings. The molecule has 1 saturated heterocycles. The second kappa shape index (κ2) is 4.23. The third-order valence-corrected chi connectivity index (χ3v) is 2.27. The van der Waals surface area contributed by atoms with Crippen molar-refractivity contribution in [3.05, 3.63) is 0 Å². The van der Waals surface area contributed by atoms with Crippen LogP contribution in [0.2, 0.25) is 0 Å². The van der Waals surface area contributed by atoms with Gasteiger partial charge in [0.2, 0.25) is 0 Å². The fraction of sp³-hybridized carbons (Fsp3) is 0.750. The van der Waals surface area contributed by atoms with E-state index in [0.29, 0.717) is 13.0 Å². The maximum atomic E-state index is 10.6. The Hall–Kier alpha value is -1.10. The Bertz CT molecular complexity index is 216. The van der Waals surface area contributed by atoms with Crippen LogP contribution in [0.3, 0.4) is 0 Å². The third-order valence-electron chi connectivity index (χ3n) is 2.27. The monoisotopic (exact) mass is 187 g/mol. The van der Waals surface area contributed by atoms with Gasteiger partial charge in [0.15, 0.2) is 0 Å². The van der Waals surface area contributed by atoms with Gasteiger partial charge in [-0.3, -0.25) is 9.59 Å². The molecular formula is C8H13NO4. The molecule has 5 nitrogen and oxygen atoms in total. The maximum Gasteiger partial charge on any atom is 0.320 e. The van der Waals surface area contributed by atoms with E-state index in [0.717, 1.165) is 6.42 Å². The number of carboxylic acids is 2. The van der Waals surface area contributed by atoms with Crippen LogP contribution in [0.25, 0.3) is 0 Å². The average Bonchev–Trinajstić information content (AvgIpc) is 2.03.